The molecule has 3 aromatic heterocycles. The Morgan fingerprint density at radius 2 is 2.04 bits per heavy atom. The molecule has 120 valence electrons. The number of hydrogen-bond acceptors (Lipinski definition) is 5. The first-order valence-electron chi connectivity index (χ1n) is 8.04. The van der Waals surface area contributed by atoms with Crippen LogP contribution in [-0.4, -0.2) is 29.9 Å². The van der Waals surface area contributed by atoms with Gasteiger partial charge in [0.2, 0.25) is 0 Å². The lowest BCUT2D eigenvalue weighted by molar-refractivity contribution is 0.355. The number of rotatable bonds is 3. The fraction of sp³-hybridized carbons (Fsp3) is 0.500. The van der Waals surface area contributed by atoms with E-state index in [4.69, 9.17) is 4.98 Å². The Labute approximate surface area is 134 Å². The third kappa shape index (κ3) is 2.56. The summed E-state index contributed by atoms with van der Waals surface area (Å²) in [5.74, 6) is 2.16. The number of nitrogens with zero attached hydrogens (tertiary/aromatic N) is 5. The summed E-state index contributed by atoms with van der Waals surface area (Å²) in [6.45, 7) is 6.36. The molecule has 2 N–H and O–H groups in total. The zero-order valence-corrected chi connectivity index (χ0v) is 13.7. The van der Waals surface area contributed by atoms with Crippen molar-refractivity contribution in [3.05, 3.63) is 24.4 Å². The second kappa shape index (κ2) is 5.04. The van der Waals surface area contributed by atoms with Crippen LogP contribution in [0, 0.1) is 0 Å². The van der Waals surface area contributed by atoms with Gasteiger partial charge in [0.05, 0.1) is 23.6 Å². The summed E-state index contributed by atoms with van der Waals surface area (Å²) in [5.41, 5.74) is 2.55. The first-order chi connectivity index (χ1) is 11.0. The lowest BCUT2D eigenvalue weighted by Crippen LogP contribution is -2.21. The minimum atomic E-state index is -0.0496. The molecule has 0 unspecified atom stereocenters. The van der Waals surface area contributed by atoms with Crippen molar-refractivity contribution in [2.45, 2.75) is 51.5 Å². The highest BCUT2D eigenvalue weighted by molar-refractivity contribution is 5.86. The number of H-pyrrole nitrogens is 1. The first kappa shape index (κ1) is 14.2. The van der Waals surface area contributed by atoms with Crippen LogP contribution in [-0.2, 0) is 5.54 Å². The van der Waals surface area contributed by atoms with Gasteiger partial charge in [0.15, 0.2) is 5.82 Å². The van der Waals surface area contributed by atoms with E-state index >= 15 is 0 Å². The number of anilines is 2. The van der Waals surface area contributed by atoms with Crippen LogP contribution in [0.4, 0.5) is 11.5 Å². The predicted octanol–water partition coefficient (Wildman–Crippen LogP) is 3.32. The number of hydrogen-bond donors (Lipinski definition) is 2. The highest BCUT2D eigenvalue weighted by atomic mass is 15.3. The van der Waals surface area contributed by atoms with Gasteiger partial charge in [-0.15, -0.1) is 0 Å². The van der Waals surface area contributed by atoms with Crippen LogP contribution in [0.15, 0.2) is 18.6 Å². The summed E-state index contributed by atoms with van der Waals surface area (Å²) < 4.78 is 1.94. The van der Waals surface area contributed by atoms with E-state index in [2.05, 4.69) is 46.4 Å². The standard InChI is InChI=1S/C16H21N7/c1-16(2,3)23-9-11(7-18-23)19-15-13-12(8-17-22-13)20-14(21-15)10-5-4-6-10/h7-10H,4-6H2,1-3H3,(H,17,22)(H,19,20,21). The maximum absolute atomic E-state index is 4.73. The third-order valence-electron chi connectivity index (χ3n) is 4.32. The van der Waals surface area contributed by atoms with E-state index in [1.165, 1.54) is 19.3 Å². The Morgan fingerprint density at radius 1 is 1.22 bits per heavy atom. The van der Waals surface area contributed by atoms with Gasteiger partial charge < -0.3 is 5.32 Å². The quantitative estimate of drug-likeness (QED) is 0.775. The second-order valence-corrected chi connectivity index (χ2v) is 7.16. The van der Waals surface area contributed by atoms with Crippen molar-refractivity contribution in [2.24, 2.45) is 0 Å². The summed E-state index contributed by atoms with van der Waals surface area (Å²) in [6, 6.07) is 0. The fourth-order valence-electron chi connectivity index (χ4n) is 2.69. The Morgan fingerprint density at radius 3 is 2.70 bits per heavy atom. The molecular formula is C16H21N7. The van der Waals surface area contributed by atoms with Crippen LogP contribution >= 0.6 is 0 Å². The first-order valence-corrected chi connectivity index (χ1v) is 8.04. The molecule has 0 radical (unpaired) electrons. The summed E-state index contributed by atoms with van der Waals surface area (Å²) in [6.07, 6.45) is 9.17. The predicted molar refractivity (Wildman–Crippen MR) is 88.8 cm³/mol. The zero-order chi connectivity index (χ0) is 16.0. The van der Waals surface area contributed by atoms with E-state index in [0.29, 0.717) is 5.92 Å². The Hall–Kier alpha value is -2.44. The number of aromatic nitrogens is 6. The molecule has 7 nitrogen and oxygen atoms in total. The molecule has 0 amide bonds. The average Bonchev–Trinajstić information content (AvgIpc) is 3.04. The fourth-order valence-corrected chi connectivity index (χ4v) is 2.69. The summed E-state index contributed by atoms with van der Waals surface area (Å²) in [5, 5.41) is 14.9. The molecule has 1 fully saturated rings. The molecule has 1 aliphatic rings. The molecule has 0 aliphatic heterocycles. The molecule has 1 aliphatic carbocycles. The Bertz CT molecular complexity index is 836. The minimum absolute atomic E-state index is 0.0496. The minimum Gasteiger partial charge on any atom is -0.336 e. The van der Waals surface area contributed by atoms with Crippen molar-refractivity contribution < 1.29 is 0 Å². The number of aromatic amines is 1. The van der Waals surface area contributed by atoms with Crippen LogP contribution in [0.1, 0.15) is 51.8 Å². The molecule has 0 saturated heterocycles. The topological polar surface area (TPSA) is 84.3 Å². The van der Waals surface area contributed by atoms with Gasteiger partial charge in [-0.05, 0) is 33.6 Å². The van der Waals surface area contributed by atoms with Gasteiger partial charge >= 0.3 is 0 Å². The lowest BCUT2D eigenvalue weighted by Gasteiger charge is -2.24. The third-order valence-corrected chi connectivity index (χ3v) is 4.32. The maximum Gasteiger partial charge on any atom is 0.160 e. The molecule has 0 spiro atoms. The van der Waals surface area contributed by atoms with E-state index in [0.717, 1.165) is 28.4 Å². The molecule has 3 heterocycles. The average molecular weight is 311 g/mol. The highest BCUT2D eigenvalue weighted by Gasteiger charge is 2.24. The highest BCUT2D eigenvalue weighted by Crippen LogP contribution is 2.36. The largest absolute Gasteiger partial charge is 0.336 e. The van der Waals surface area contributed by atoms with Crippen LogP contribution in [0.2, 0.25) is 0 Å². The van der Waals surface area contributed by atoms with Gasteiger partial charge in [0, 0.05) is 12.1 Å². The van der Waals surface area contributed by atoms with Crippen molar-refractivity contribution in [3.63, 3.8) is 0 Å². The molecule has 3 aromatic rings. The van der Waals surface area contributed by atoms with E-state index < -0.39 is 0 Å². The van der Waals surface area contributed by atoms with Crippen LogP contribution < -0.4 is 5.32 Å². The summed E-state index contributed by atoms with van der Waals surface area (Å²) >= 11 is 0. The van der Waals surface area contributed by atoms with E-state index in [-0.39, 0.29) is 5.54 Å². The molecule has 23 heavy (non-hydrogen) atoms. The van der Waals surface area contributed by atoms with Crippen molar-refractivity contribution >= 4 is 22.5 Å². The van der Waals surface area contributed by atoms with Gasteiger partial charge in [-0.2, -0.15) is 10.2 Å². The van der Waals surface area contributed by atoms with Gasteiger partial charge in [-0.1, -0.05) is 6.42 Å². The van der Waals surface area contributed by atoms with Gasteiger partial charge in [0.1, 0.15) is 16.9 Å². The molecule has 0 bridgehead atoms. The Balaban J connectivity index is 1.70. The number of nitrogens with one attached hydrogen (secondary N) is 2. The van der Waals surface area contributed by atoms with Crippen LogP contribution in [0.3, 0.4) is 0 Å². The molecular weight excluding hydrogens is 290 g/mol. The van der Waals surface area contributed by atoms with Gasteiger partial charge in [-0.25, -0.2) is 9.97 Å². The SMILES string of the molecule is CC(C)(C)n1cc(Nc2nc(C3CCC3)nc3cn[nH]c23)cn1. The Kier molecular flexibility index (Phi) is 3.11. The molecule has 0 aromatic carbocycles. The van der Waals surface area contributed by atoms with E-state index in [1.807, 2.05) is 17.1 Å². The van der Waals surface area contributed by atoms with Crippen molar-refractivity contribution in [1.82, 2.24) is 29.9 Å². The zero-order valence-electron chi connectivity index (χ0n) is 13.7. The van der Waals surface area contributed by atoms with Crippen molar-refractivity contribution in [3.8, 4) is 0 Å². The van der Waals surface area contributed by atoms with Crippen LogP contribution in [0.5, 0.6) is 0 Å². The normalized spacial score (nSPS) is 15.8. The monoisotopic (exact) mass is 311 g/mol. The van der Waals surface area contributed by atoms with Gasteiger partial charge in [-0.3, -0.25) is 9.78 Å². The van der Waals surface area contributed by atoms with Crippen molar-refractivity contribution in [1.29, 1.82) is 0 Å². The van der Waals surface area contributed by atoms with Gasteiger partial charge in [0.25, 0.3) is 0 Å². The molecule has 0 atom stereocenters. The molecule has 1 saturated carbocycles. The van der Waals surface area contributed by atoms with E-state index in [1.54, 1.807) is 6.20 Å². The smallest absolute Gasteiger partial charge is 0.160 e. The maximum atomic E-state index is 4.73. The number of fused-ring (bicyclic) bond motifs is 1. The van der Waals surface area contributed by atoms with Crippen LogP contribution in [0.25, 0.3) is 11.0 Å². The lowest BCUT2D eigenvalue weighted by atomic mass is 9.85. The van der Waals surface area contributed by atoms with E-state index in [9.17, 15) is 0 Å². The second-order valence-electron chi connectivity index (χ2n) is 7.16. The summed E-state index contributed by atoms with van der Waals surface area (Å²) in [7, 11) is 0. The summed E-state index contributed by atoms with van der Waals surface area (Å²) in [4.78, 5) is 9.37. The van der Waals surface area contributed by atoms with Crippen molar-refractivity contribution in [2.75, 3.05) is 5.32 Å². The molecule has 4 rings (SSSR count). The molecule has 7 heteroatoms.